The van der Waals surface area contributed by atoms with E-state index in [4.69, 9.17) is 9.47 Å². The molecular formula is C35H33N3O5S2. The summed E-state index contributed by atoms with van der Waals surface area (Å²) >= 11 is 1.17. The number of hydrogen-bond donors (Lipinski definition) is 1. The fourth-order valence-corrected chi connectivity index (χ4v) is 7.73. The highest BCUT2D eigenvalue weighted by molar-refractivity contribution is 7.90. The lowest BCUT2D eigenvalue weighted by Crippen LogP contribution is -2.35. The lowest BCUT2D eigenvalue weighted by molar-refractivity contribution is 0.0984. The van der Waals surface area contributed by atoms with Crippen molar-refractivity contribution in [2.75, 3.05) is 20.8 Å². The summed E-state index contributed by atoms with van der Waals surface area (Å²) in [5.41, 5.74) is 5.82. The fraction of sp³-hybridized carbons (Fsp3) is 0.200. The number of ether oxygens (including phenoxy) is 2. The molecule has 2 heterocycles. The van der Waals surface area contributed by atoms with Crippen molar-refractivity contribution in [1.29, 1.82) is 0 Å². The number of amides is 1. The molecular weight excluding hydrogens is 607 g/mol. The smallest absolute Gasteiger partial charge is 0.277 e. The van der Waals surface area contributed by atoms with Crippen molar-refractivity contribution < 1.29 is 22.7 Å². The first-order valence-electron chi connectivity index (χ1n) is 14.5. The van der Waals surface area contributed by atoms with Gasteiger partial charge >= 0.3 is 0 Å². The first kappa shape index (κ1) is 30.5. The van der Waals surface area contributed by atoms with E-state index in [2.05, 4.69) is 38.9 Å². The summed E-state index contributed by atoms with van der Waals surface area (Å²) in [5, 5.41) is 0.659. The fourth-order valence-electron chi connectivity index (χ4n) is 5.74. The maximum atomic E-state index is 13.2. The zero-order valence-electron chi connectivity index (χ0n) is 25.2. The molecule has 0 radical (unpaired) electrons. The third-order valence-electron chi connectivity index (χ3n) is 7.96. The number of carbonyl (C=O) groups is 1. The number of aromatic nitrogens is 1. The van der Waals surface area contributed by atoms with Gasteiger partial charge in [0, 0.05) is 18.7 Å². The minimum atomic E-state index is -4.10. The van der Waals surface area contributed by atoms with Crippen LogP contribution in [-0.4, -0.2) is 45.0 Å². The van der Waals surface area contributed by atoms with Crippen LogP contribution in [0.3, 0.4) is 0 Å². The molecule has 0 saturated heterocycles. The van der Waals surface area contributed by atoms with Crippen LogP contribution in [0.5, 0.6) is 11.5 Å². The summed E-state index contributed by atoms with van der Waals surface area (Å²) in [6.45, 7) is 3.10. The predicted octanol–water partition coefficient (Wildman–Crippen LogP) is 6.40. The minimum Gasteiger partial charge on any atom is -0.493 e. The van der Waals surface area contributed by atoms with Crippen molar-refractivity contribution in [3.8, 4) is 22.1 Å². The summed E-state index contributed by atoms with van der Waals surface area (Å²) < 4.78 is 39.8. The van der Waals surface area contributed by atoms with Gasteiger partial charge in [-0.05, 0) is 59.9 Å². The standard InChI is InChI=1S/C35H33N3O5S2/c1-23-33(44-35(36-23)26-12-8-5-9-13-26)34(39)37-45(40,41)28-16-14-24(15-17-28)22-38-19-18-27-20-30(42-2)31(43-3)21-29(27)32(38)25-10-6-4-7-11-25/h4-17,20-21,32H,18-19,22H2,1-3H3,(H,37,39). The van der Waals surface area contributed by atoms with Gasteiger partial charge in [-0.1, -0.05) is 72.8 Å². The van der Waals surface area contributed by atoms with Crippen LogP contribution in [0.15, 0.2) is 102 Å². The number of hydrogen-bond acceptors (Lipinski definition) is 8. The molecule has 0 saturated carbocycles. The summed E-state index contributed by atoms with van der Waals surface area (Å²) in [6.07, 6.45) is 0.834. The normalized spacial score (nSPS) is 14.9. The maximum absolute atomic E-state index is 13.2. The number of aryl methyl sites for hydroxylation is 1. The molecule has 0 bridgehead atoms. The molecule has 45 heavy (non-hydrogen) atoms. The number of sulfonamides is 1. The molecule has 1 unspecified atom stereocenters. The number of fused-ring (bicyclic) bond motifs is 1. The Labute approximate surface area is 267 Å². The summed E-state index contributed by atoms with van der Waals surface area (Å²) in [5.74, 6) is 0.698. The monoisotopic (exact) mass is 639 g/mol. The molecule has 5 aromatic rings. The summed E-state index contributed by atoms with van der Waals surface area (Å²) in [6, 6.07) is 30.6. The SMILES string of the molecule is COc1cc2c(cc1OC)C(c1ccccc1)N(Cc1ccc(S(=O)(=O)NC(=O)c3sc(-c4ccccc4)nc3C)cc1)CC2. The molecule has 1 aromatic heterocycles. The van der Waals surface area contributed by atoms with Gasteiger partial charge < -0.3 is 9.47 Å². The molecule has 1 atom stereocenters. The highest BCUT2D eigenvalue weighted by Crippen LogP contribution is 2.41. The lowest BCUT2D eigenvalue weighted by Gasteiger charge is -2.38. The average molecular weight is 640 g/mol. The Morgan fingerprint density at radius 2 is 1.58 bits per heavy atom. The van der Waals surface area contributed by atoms with E-state index >= 15 is 0 Å². The number of benzene rings is 4. The first-order chi connectivity index (χ1) is 21.8. The van der Waals surface area contributed by atoms with Crippen molar-refractivity contribution in [2.24, 2.45) is 0 Å². The molecule has 4 aromatic carbocycles. The molecule has 10 heteroatoms. The molecule has 230 valence electrons. The van der Waals surface area contributed by atoms with Crippen molar-refractivity contribution in [2.45, 2.75) is 30.8 Å². The number of methoxy groups -OCH3 is 2. The highest BCUT2D eigenvalue weighted by atomic mass is 32.2. The number of thiazole rings is 1. The number of carbonyl (C=O) groups excluding carboxylic acids is 1. The van der Waals surface area contributed by atoms with Gasteiger partial charge in [-0.2, -0.15) is 0 Å². The van der Waals surface area contributed by atoms with E-state index in [1.165, 1.54) is 16.9 Å². The van der Waals surface area contributed by atoms with Crippen LogP contribution in [0.4, 0.5) is 0 Å². The third kappa shape index (κ3) is 6.35. The van der Waals surface area contributed by atoms with E-state index in [1.807, 2.05) is 48.5 Å². The van der Waals surface area contributed by atoms with E-state index in [0.29, 0.717) is 28.7 Å². The Balaban J connectivity index is 1.21. The van der Waals surface area contributed by atoms with Gasteiger partial charge in [-0.25, -0.2) is 18.1 Å². The summed E-state index contributed by atoms with van der Waals surface area (Å²) in [7, 11) is -0.814. The molecule has 6 rings (SSSR count). The van der Waals surface area contributed by atoms with Gasteiger partial charge in [0.2, 0.25) is 0 Å². The minimum absolute atomic E-state index is 0.0190. The number of nitrogens with one attached hydrogen (secondary N) is 1. The van der Waals surface area contributed by atoms with E-state index < -0.39 is 15.9 Å². The quantitative estimate of drug-likeness (QED) is 0.199. The Bertz CT molecular complexity index is 1930. The molecule has 1 N–H and O–H groups in total. The molecule has 0 spiro atoms. The van der Waals surface area contributed by atoms with Gasteiger partial charge in [0.1, 0.15) is 9.88 Å². The Morgan fingerprint density at radius 3 is 2.24 bits per heavy atom. The van der Waals surface area contributed by atoms with Gasteiger partial charge in [0.25, 0.3) is 15.9 Å². The van der Waals surface area contributed by atoms with Crippen LogP contribution >= 0.6 is 11.3 Å². The van der Waals surface area contributed by atoms with Crippen LogP contribution in [0.25, 0.3) is 10.6 Å². The first-order valence-corrected chi connectivity index (χ1v) is 16.8. The van der Waals surface area contributed by atoms with Crippen molar-refractivity contribution >= 4 is 27.3 Å². The second-order valence-electron chi connectivity index (χ2n) is 10.8. The van der Waals surface area contributed by atoms with Crippen LogP contribution in [0.1, 0.15) is 43.7 Å². The van der Waals surface area contributed by atoms with Crippen LogP contribution < -0.4 is 14.2 Å². The third-order valence-corrected chi connectivity index (χ3v) is 10.5. The molecule has 1 amide bonds. The Kier molecular flexibility index (Phi) is 8.71. The van der Waals surface area contributed by atoms with Crippen LogP contribution in [0.2, 0.25) is 0 Å². The van der Waals surface area contributed by atoms with Gasteiger partial charge in [0.05, 0.1) is 30.9 Å². The molecule has 1 aliphatic heterocycles. The lowest BCUT2D eigenvalue weighted by atomic mass is 9.87. The number of rotatable bonds is 9. The zero-order chi connectivity index (χ0) is 31.6. The second kappa shape index (κ2) is 12.8. The largest absolute Gasteiger partial charge is 0.493 e. The van der Waals surface area contributed by atoms with E-state index in [9.17, 15) is 13.2 Å². The van der Waals surface area contributed by atoms with E-state index in [0.717, 1.165) is 35.2 Å². The Hall–Kier alpha value is -4.51. The second-order valence-corrected chi connectivity index (χ2v) is 13.5. The molecule has 0 aliphatic carbocycles. The maximum Gasteiger partial charge on any atom is 0.277 e. The van der Waals surface area contributed by atoms with Crippen molar-refractivity contribution in [3.05, 3.63) is 130 Å². The zero-order valence-corrected chi connectivity index (χ0v) is 26.8. The molecule has 0 fully saturated rings. The topological polar surface area (TPSA) is 97.8 Å². The summed E-state index contributed by atoms with van der Waals surface area (Å²) in [4.78, 5) is 20.2. The van der Waals surface area contributed by atoms with Crippen LogP contribution in [-0.2, 0) is 23.0 Å². The van der Waals surface area contributed by atoms with Crippen LogP contribution in [0, 0.1) is 6.92 Å². The van der Waals surface area contributed by atoms with Gasteiger partial charge in [-0.15, -0.1) is 11.3 Å². The molecule has 1 aliphatic rings. The van der Waals surface area contributed by atoms with Crippen molar-refractivity contribution in [3.63, 3.8) is 0 Å². The van der Waals surface area contributed by atoms with Crippen molar-refractivity contribution in [1.82, 2.24) is 14.6 Å². The van der Waals surface area contributed by atoms with E-state index in [-0.39, 0.29) is 15.8 Å². The van der Waals surface area contributed by atoms with Gasteiger partial charge in [0.15, 0.2) is 11.5 Å². The number of nitrogens with zero attached hydrogens (tertiary/aromatic N) is 2. The van der Waals surface area contributed by atoms with Gasteiger partial charge in [-0.3, -0.25) is 9.69 Å². The predicted molar refractivity (Wildman–Crippen MR) is 175 cm³/mol. The van der Waals surface area contributed by atoms with E-state index in [1.54, 1.807) is 45.4 Å². The average Bonchev–Trinajstić information content (AvgIpc) is 3.46. The highest BCUT2D eigenvalue weighted by Gasteiger charge is 2.31. The Morgan fingerprint density at radius 1 is 0.933 bits per heavy atom. The molecule has 8 nitrogen and oxygen atoms in total.